The molecule has 4 nitrogen and oxygen atoms in total. The Morgan fingerprint density at radius 1 is 1.52 bits per heavy atom. The van der Waals surface area contributed by atoms with E-state index < -0.39 is 5.82 Å². The van der Waals surface area contributed by atoms with Gasteiger partial charge in [-0.3, -0.25) is 4.79 Å². The molecule has 1 aromatic carbocycles. The molecule has 2 N–H and O–H groups in total. The van der Waals surface area contributed by atoms with E-state index in [4.69, 9.17) is 5.11 Å². The minimum Gasteiger partial charge on any atom is -0.395 e. The number of anilines is 1. The predicted octanol–water partition coefficient (Wildman–Crippen LogP) is 2.58. The van der Waals surface area contributed by atoms with Crippen molar-refractivity contribution in [1.82, 2.24) is 4.98 Å². The Balaban J connectivity index is 2.10. The maximum Gasteiger partial charge on any atom is 0.267 e. The highest BCUT2D eigenvalue weighted by atomic mass is 32.1. The molecule has 1 aromatic heterocycles. The van der Waals surface area contributed by atoms with Crippen LogP contribution in [0.4, 0.5) is 10.1 Å². The first kappa shape index (κ1) is 15.2. The number of nitrogens with zero attached hydrogens (tertiary/aromatic N) is 1. The van der Waals surface area contributed by atoms with Gasteiger partial charge in [0.05, 0.1) is 23.4 Å². The number of benzene rings is 1. The summed E-state index contributed by atoms with van der Waals surface area (Å²) in [5.41, 5.74) is 0.589. The van der Waals surface area contributed by atoms with Crippen molar-refractivity contribution in [2.24, 2.45) is 0 Å². The topological polar surface area (TPSA) is 62.2 Å². The lowest BCUT2D eigenvalue weighted by Crippen LogP contribution is -2.10. The number of halogens is 1. The minimum atomic E-state index is -0.515. The average molecular weight is 304 g/mol. The van der Waals surface area contributed by atoms with Crippen LogP contribution >= 0.6 is 11.3 Å². The van der Waals surface area contributed by atoms with Gasteiger partial charge in [-0.15, -0.1) is 11.3 Å². The molecule has 21 heavy (non-hydrogen) atoms. The number of carbonyl (C=O) groups is 1. The number of amides is 1. The number of rotatable bonds is 3. The van der Waals surface area contributed by atoms with Crippen LogP contribution in [0.15, 0.2) is 24.4 Å². The zero-order valence-corrected chi connectivity index (χ0v) is 12.1. The van der Waals surface area contributed by atoms with E-state index in [1.165, 1.54) is 29.7 Å². The van der Waals surface area contributed by atoms with Crippen LogP contribution in [0.5, 0.6) is 0 Å². The summed E-state index contributed by atoms with van der Waals surface area (Å²) in [4.78, 5) is 16.4. The van der Waals surface area contributed by atoms with Gasteiger partial charge in [-0.1, -0.05) is 11.8 Å². The summed E-state index contributed by atoms with van der Waals surface area (Å²) < 4.78 is 13.8. The van der Waals surface area contributed by atoms with Crippen LogP contribution in [-0.4, -0.2) is 22.6 Å². The molecule has 1 heterocycles. The van der Waals surface area contributed by atoms with Gasteiger partial charge >= 0.3 is 0 Å². The number of carbonyl (C=O) groups excluding carboxylic acids is 1. The number of nitrogens with one attached hydrogen (secondary N) is 1. The van der Waals surface area contributed by atoms with Gasteiger partial charge in [0.2, 0.25) is 0 Å². The molecule has 2 rings (SSSR count). The Labute approximate surface area is 125 Å². The highest BCUT2D eigenvalue weighted by Crippen LogP contribution is 2.17. The van der Waals surface area contributed by atoms with Crippen LogP contribution < -0.4 is 5.32 Å². The van der Waals surface area contributed by atoms with Gasteiger partial charge in [-0.2, -0.15) is 0 Å². The summed E-state index contributed by atoms with van der Waals surface area (Å²) in [6, 6.07) is 4.29. The maximum absolute atomic E-state index is 13.8. The molecule has 0 unspecified atom stereocenters. The van der Waals surface area contributed by atoms with Gasteiger partial charge < -0.3 is 10.4 Å². The molecule has 2 aromatic rings. The van der Waals surface area contributed by atoms with Crippen molar-refractivity contribution in [2.45, 2.75) is 13.3 Å². The molecule has 1 amide bonds. The number of hydrogen-bond donors (Lipinski definition) is 2. The Kier molecular flexibility index (Phi) is 5.04. The summed E-state index contributed by atoms with van der Waals surface area (Å²) in [6.45, 7) is 1.75. The molecule has 0 atom stereocenters. The molecule has 0 fully saturated rings. The largest absolute Gasteiger partial charge is 0.395 e. The van der Waals surface area contributed by atoms with Crippen molar-refractivity contribution < 1.29 is 14.3 Å². The van der Waals surface area contributed by atoms with Crippen LogP contribution in [0.2, 0.25) is 0 Å². The molecule has 0 aliphatic carbocycles. The highest BCUT2D eigenvalue weighted by Gasteiger charge is 2.10. The molecule has 6 heteroatoms. The smallest absolute Gasteiger partial charge is 0.267 e. The lowest BCUT2D eigenvalue weighted by molar-refractivity contribution is 0.103. The van der Waals surface area contributed by atoms with E-state index in [2.05, 4.69) is 22.1 Å². The molecule has 108 valence electrons. The van der Waals surface area contributed by atoms with Crippen LogP contribution in [0.3, 0.4) is 0 Å². The molecular weight excluding hydrogens is 291 g/mol. The van der Waals surface area contributed by atoms with Gasteiger partial charge in [0.25, 0.3) is 5.91 Å². The van der Waals surface area contributed by atoms with Crippen molar-refractivity contribution in [3.05, 3.63) is 45.7 Å². The van der Waals surface area contributed by atoms with Gasteiger partial charge in [0, 0.05) is 12.1 Å². The van der Waals surface area contributed by atoms with Gasteiger partial charge in [0.15, 0.2) is 0 Å². The first-order valence-electron chi connectivity index (χ1n) is 6.23. The summed E-state index contributed by atoms with van der Waals surface area (Å²) in [7, 11) is 0. The number of aliphatic hydroxyl groups is 1. The monoisotopic (exact) mass is 304 g/mol. The standard InChI is InChI=1S/C15H13FN2O2S/c1-10-17-9-14(21-10)15(20)18-12-6-5-11(13(16)8-12)4-2-3-7-19/h5-6,8-9,19H,3,7H2,1H3,(H,18,20). The van der Waals surface area contributed by atoms with Gasteiger partial charge in [-0.25, -0.2) is 9.37 Å². The number of hydrogen-bond acceptors (Lipinski definition) is 4. The van der Waals surface area contributed by atoms with Crippen molar-refractivity contribution >= 4 is 22.9 Å². The second-order valence-corrected chi connectivity index (χ2v) is 5.40. The third-order valence-corrected chi connectivity index (χ3v) is 3.44. The quantitative estimate of drug-likeness (QED) is 0.857. The first-order valence-corrected chi connectivity index (χ1v) is 7.05. The molecule has 0 radical (unpaired) electrons. The van der Waals surface area contributed by atoms with Crippen molar-refractivity contribution in [1.29, 1.82) is 0 Å². The zero-order valence-electron chi connectivity index (χ0n) is 11.3. The summed E-state index contributed by atoms with van der Waals surface area (Å²) in [6.07, 6.45) is 1.78. The van der Waals surface area contributed by atoms with E-state index >= 15 is 0 Å². The first-order chi connectivity index (χ1) is 10.1. The van der Waals surface area contributed by atoms with E-state index in [0.717, 1.165) is 5.01 Å². The Bertz CT molecular complexity index is 716. The number of thiazole rings is 1. The average Bonchev–Trinajstić information content (AvgIpc) is 2.88. The highest BCUT2D eigenvalue weighted by molar-refractivity contribution is 7.13. The summed E-state index contributed by atoms with van der Waals surface area (Å²) >= 11 is 1.27. The van der Waals surface area contributed by atoms with Crippen molar-refractivity contribution in [3.8, 4) is 11.8 Å². The van der Waals surface area contributed by atoms with Gasteiger partial charge in [-0.05, 0) is 25.1 Å². The Hall–Kier alpha value is -2.23. The number of aromatic nitrogens is 1. The number of aryl methyl sites for hydroxylation is 1. The lowest BCUT2D eigenvalue weighted by Gasteiger charge is -2.04. The molecule has 0 aliphatic rings. The van der Waals surface area contributed by atoms with Crippen LogP contribution in [0, 0.1) is 24.6 Å². The third kappa shape index (κ3) is 4.12. The van der Waals surface area contributed by atoms with E-state index in [-0.39, 0.29) is 18.1 Å². The molecule has 0 saturated heterocycles. The minimum absolute atomic E-state index is 0.0585. The maximum atomic E-state index is 13.8. The fourth-order valence-electron chi connectivity index (χ4n) is 1.57. The molecule has 0 spiro atoms. The zero-order chi connectivity index (χ0) is 15.2. The van der Waals surface area contributed by atoms with Crippen molar-refractivity contribution in [2.75, 3.05) is 11.9 Å². The van der Waals surface area contributed by atoms with E-state index in [9.17, 15) is 9.18 Å². The Morgan fingerprint density at radius 2 is 2.33 bits per heavy atom. The second-order valence-electron chi connectivity index (χ2n) is 4.17. The Morgan fingerprint density at radius 3 is 2.95 bits per heavy atom. The molecule has 0 saturated carbocycles. The van der Waals surface area contributed by atoms with Crippen LogP contribution in [-0.2, 0) is 0 Å². The predicted molar refractivity (Wildman–Crippen MR) is 79.8 cm³/mol. The lowest BCUT2D eigenvalue weighted by atomic mass is 10.2. The van der Waals surface area contributed by atoms with Gasteiger partial charge in [0.1, 0.15) is 10.7 Å². The van der Waals surface area contributed by atoms with E-state index in [0.29, 0.717) is 17.0 Å². The fourth-order valence-corrected chi connectivity index (χ4v) is 2.24. The SMILES string of the molecule is Cc1ncc(C(=O)Nc2ccc(C#CCCO)c(F)c2)s1. The van der Waals surface area contributed by atoms with Crippen LogP contribution in [0.25, 0.3) is 0 Å². The third-order valence-electron chi connectivity index (χ3n) is 2.53. The molecular formula is C15H13FN2O2S. The fraction of sp³-hybridized carbons (Fsp3) is 0.200. The normalized spacial score (nSPS) is 9.86. The van der Waals surface area contributed by atoms with Crippen LogP contribution in [0.1, 0.15) is 26.7 Å². The summed E-state index contributed by atoms with van der Waals surface area (Å²) in [5.74, 6) is 4.44. The van der Waals surface area contributed by atoms with E-state index in [1.807, 2.05) is 0 Å². The molecule has 0 aliphatic heterocycles. The second kappa shape index (κ2) is 6.97. The van der Waals surface area contributed by atoms with Crippen molar-refractivity contribution in [3.63, 3.8) is 0 Å². The molecule has 0 bridgehead atoms. The van der Waals surface area contributed by atoms with E-state index in [1.54, 1.807) is 13.0 Å². The summed E-state index contributed by atoms with van der Waals surface area (Å²) in [5, 5.41) is 12.0. The number of aliphatic hydroxyl groups excluding tert-OH is 1.